The lowest BCUT2D eigenvalue weighted by atomic mass is 10.1. The molecule has 1 aromatic rings. The van der Waals surface area contributed by atoms with E-state index in [1.165, 1.54) is 22.4 Å². The van der Waals surface area contributed by atoms with E-state index in [0.29, 0.717) is 0 Å². The summed E-state index contributed by atoms with van der Waals surface area (Å²) in [6.45, 7) is 3.44. The number of hydrogen-bond acceptors (Lipinski definition) is 4. The SMILES string of the molecule is NN=CC1=C(N2CCOCC2)C(=Cc2ccccc2)CC1. The number of morpholine rings is 1. The average molecular weight is 283 g/mol. The highest BCUT2D eigenvalue weighted by atomic mass is 16.5. The molecule has 0 radical (unpaired) electrons. The topological polar surface area (TPSA) is 50.8 Å². The predicted octanol–water partition coefficient (Wildman–Crippen LogP) is 2.39. The maximum absolute atomic E-state index is 5.47. The van der Waals surface area contributed by atoms with Crippen LogP contribution in [0.15, 0.2) is 52.3 Å². The Morgan fingerprint density at radius 2 is 1.86 bits per heavy atom. The van der Waals surface area contributed by atoms with E-state index in [9.17, 15) is 0 Å². The molecule has 0 bridgehead atoms. The Hall–Kier alpha value is -2.07. The van der Waals surface area contributed by atoms with E-state index in [1.807, 2.05) is 6.07 Å². The van der Waals surface area contributed by atoms with Crippen molar-refractivity contribution >= 4 is 12.3 Å². The summed E-state index contributed by atoms with van der Waals surface area (Å²) in [4.78, 5) is 2.41. The molecule has 4 heteroatoms. The van der Waals surface area contributed by atoms with Crippen molar-refractivity contribution in [1.29, 1.82) is 0 Å². The second-order valence-corrected chi connectivity index (χ2v) is 5.33. The van der Waals surface area contributed by atoms with Gasteiger partial charge in [-0.3, -0.25) is 0 Å². The number of ether oxygens (including phenoxy) is 1. The molecule has 2 aliphatic rings. The van der Waals surface area contributed by atoms with Crippen LogP contribution >= 0.6 is 0 Å². The number of hydrogen-bond donors (Lipinski definition) is 1. The molecule has 3 rings (SSSR count). The maximum Gasteiger partial charge on any atom is 0.0642 e. The second kappa shape index (κ2) is 6.59. The van der Waals surface area contributed by atoms with Crippen LogP contribution in [0.4, 0.5) is 0 Å². The van der Waals surface area contributed by atoms with Gasteiger partial charge in [-0.25, -0.2) is 0 Å². The molecule has 21 heavy (non-hydrogen) atoms. The number of nitrogens with zero attached hydrogens (tertiary/aromatic N) is 2. The van der Waals surface area contributed by atoms with E-state index >= 15 is 0 Å². The van der Waals surface area contributed by atoms with Gasteiger partial charge in [-0.05, 0) is 35.6 Å². The summed E-state index contributed by atoms with van der Waals surface area (Å²) >= 11 is 0. The van der Waals surface area contributed by atoms with Gasteiger partial charge < -0.3 is 15.5 Å². The number of rotatable bonds is 3. The minimum Gasteiger partial charge on any atom is -0.378 e. The van der Waals surface area contributed by atoms with E-state index in [1.54, 1.807) is 6.21 Å². The molecule has 0 amide bonds. The standard InChI is InChI=1S/C17H21N3O/c18-19-13-16-7-6-15(12-14-4-2-1-3-5-14)17(16)20-8-10-21-11-9-20/h1-5,12-13H,6-11,18H2. The van der Waals surface area contributed by atoms with E-state index in [2.05, 4.69) is 40.3 Å². The lowest BCUT2D eigenvalue weighted by Crippen LogP contribution is -2.36. The van der Waals surface area contributed by atoms with Crippen molar-refractivity contribution in [2.75, 3.05) is 26.3 Å². The Kier molecular flexibility index (Phi) is 4.36. The predicted molar refractivity (Wildman–Crippen MR) is 85.8 cm³/mol. The number of nitrogens with two attached hydrogens (primary N) is 1. The fourth-order valence-electron chi connectivity index (χ4n) is 3.01. The lowest BCUT2D eigenvalue weighted by molar-refractivity contribution is 0.0548. The molecule has 1 fully saturated rings. The average Bonchev–Trinajstić information content (AvgIpc) is 2.92. The van der Waals surface area contributed by atoms with Gasteiger partial charge >= 0.3 is 0 Å². The summed E-state index contributed by atoms with van der Waals surface area (Å²) in [5.74, 6) is 5.37. The molecule has 4 nitrogen and oxygen atoms in total. The van der Waals surface area contributed by atoms with Crippen LogP contribution in [0.25, 0.3) is 6.08 Å². The van der Waals surface area contributed by atoms with Gasteiger partial charge in [0.05, 0.1) is 19.4 Å². The highest BCUT2D eigenvalue weighted by molar-refractivity contribution is 5.83. The van der Waals surface area contributed by atoms with Crippen molar-refractivity contribution in [3.8, 4) is 0 Å². The van der Waals surface area contributed by atoms with Gasteiger partial charge in [-0.15, -0.1) is 0 Å². The van der Waals surface area contributed by atoms with Crippen molar-refractivity contribution in [3.63, 3.8) is 0 Å². The summed E-state index contributed by atoms with van der Waals surface area (Å²) in [7, 11) is 0. The molecule has 0 saturated carbocycles. The molecule has 1 heterocycles. The van der Waals surface area contributed by atoms with Gasteiger partial charge in [0.25, 0.3) is 0 Å². The fraction of sp³-hybridized carbons (Fsp3) is 0.353. The molecule has 1 saturated heterocycles. The van der Waals surface area contributed by atoms with Crippen molar-refractivity contribution in [2.45, 2.75) is 12.8 Å². The summed E-state index contributed by atoms with van der Waals surface area (Å²) in [5, 5.41) is 3.74. The lowest BCUT2D eigenvalue weighted by Gasteiger charge is -2.31. The van der Waals surface area contributed by atoms with Crippen LogP contribution in [0, 0.1) is 0 Å². The van der Waals surface area contributed by atoms with Crippen LogP contribution in [-0.2, 0) is 4.74 Å². The first-order valence-electron chi connectivity index (χ1n) is 7.43. The van der Waals surface area contributed by atoms with Crippen LogP contribution < -0.4 is 5.84 Å². The third-order valence-electron chi connectivity index (χ3n) is 3.97. The van der Waals surface area contributed by atoms with Gasteiger partial charge in [0.2, 0.25) is 0 Å². The molecular formula is C17H21N3O. The Bertz CT molecular complexity index is 569. The molecule has 1 aromatic carbocycles. The largest absolute Gasteiger partial charge is 0.378 e. The Morgan fingerprint density at radius 3 is 2.57 bits per heavy atom. The van der Waals surface area contributed by atoms with Crippen molar-refractivity contribution in [3.05, 3.63) is 52.7 Å². The molecule has 0 spiro atoms. The normalized spacial score (nSPS) is 21.7. The van der Waals surface area contributed by atoms with Crippen molar-refractivity contribution < 1.29 is 4.74 Å². The van der Waals surface area contributed by atoms with Crippen LogP contribution in [0.2, 0.25) is 0 Å². The highest BCUT2D eigenvalue weighted by Crippen LogP contribution is 2.34. The number of hydrazone groups is 1. The smallest absolute Gasteiger partial charge is 0.0642 e. The van der Waals surface area contributed by atoms with Crippen LogP contribution in [-0.4, -0.2) is 37.4 Å². The van der Waals surface area contributed by atoms with Crippen LogP contribution in [0.3, 0.4) is 0 Å². The third-order valence-corrected chi connectivity index (χ3v) is 3.97. The summed E-state index contributed by atoms with van der Waals surface area (Å²) in [6.07, 6.45) is 6.13. The number of allylic oxidation sites excluding steroid dienone is 2. The Labute approximate surface area is 125 Å². The van der Waals surface area contributed by atoms with E-state index in [0.717, 1.165) is 39.1 Å². The van der Waals surface area contributed by atoms with Crippen LogP contribution in [0.1, 0.15) is 18.4 Å². The molecule has 2 N–H and O–H groups in total. The number of benzene rings is 1. The molecule has 0 unspecified atom stereocenters. The summed E-state index contributed by atoms with van der Waals surface area (Å²) in [5.41, 5.74) is 5.15. The maximum atomic E-state index is 5.47. The Balaban J connectivity index is 1.94. The van der Waals surface area contributed by atoms with E-state index in [4.69, 9.17) is 10.6 Å². The summed E-state index contributed by atoms with van der Waals surface area (Å²) < 4.78 is 5.47. The van der Waals surface area contributed by atoms with Gasteiger partial charge in [0.15, 0.2) is 0 Å². The molecular weight excluding hydrogens is 262 g/mol. The first kappa shape index (κ1) is 13.9. The fourth-order valence-corrected chi connectivity index (χ4v) is 3.01. The Morgan fingerprint density at radius 1 is 1.10 bits per heavy atom. The first-order chi connectivity index (χ1) is 10.4. The zero-order valence-corrected chi connectivity index (χ0v) is 12.2. The molecule has 1 aliphatic carbocycles. The molecule has 1 aliphatic heterocycles. The van der Waals surface area contributed by atoms with E-state index < -0.39 is 0 Å². The third kappa shape index (κ3) is 3.16. The van der Waals surface area contributed by atoms with Gasteiger partial charge in [0, 0.05) is 18.8 Å². The minimum absolute atomic E-state index is 0.787. The quantitative estimate of drug-likeness (QED) is 0.526. The molecule has 0 atom stereocenters. The van der Waals surface area contributed by atoms with Gasteiger partial charge in [-0.2, -0.15) is 5.10 Å². The van der Waals surface area contributed by atoms with Crippen molar-refractivity contribution in [1.82, 2.24) is 4.90 Å². The highest BCUT2D eigenvalue weighted by Gasteiger charge is 2.25. The van der Waals surface area contributed by atoms with Crippen molar-refractivity contribution in [2.24, 2.45) is 10.9 Å². The minimum atomic E-state index is 0.787. The molecule has 0 aromatic heterocycles. The first-order valence-corrected chi connectivity index (χ1v) is 7.43. The van der Waals surface area contributed by atoms with Gasteiger partial charge in [-0.1, -0.05) is 30.3 Å². The van der Waals surface area contributed by atoms with Crippen LogP contribution in [0.5, 0.6) is 0 Å². The zero-order chi connectivity index (χ0) is 14.5. The second-order valence-electron chi connectivity index (χ2n) is 5.33. The molecule has 110 valence electrons. The van der Waals surface area contributed by atoms with E-state index in [-0.39, 0.29) is 0 Å². The monoisotopic (exact) mass is 283 g/mol. The zero-order valence-electron chi connectivity index (χ0n) is 12.2. The van der Waals surface area contributed by atoms with Gasteiger partial charge in [0.1, 0.15) is 0 Å². The summed E-state index contributed by atoms with van der Waals surface area (Å²) in [6, 6.07) is 10.5.